The van der Waals surface area contributed by atoms with Gasteiger partial charge in [-0.15, -0.1) is 0 Å². The fourth-order valence-electron chi connectivity index (χ4n) is 4.03. The molecule has 0 unspecified atom stereocenters. The van der Waals surface area contributed by atoms with E-state index in [4.69, 9.17) is 0 Å². The molecular formula is C27H39N3O4S. The molecule has 0 aliphatic heterocycles. The molecule has 0 aliphatic rings. The number of sulfonamides is 1. The van der Waals surface area contributed by atoms with Crippen molar-refractivity contribution >= 4 is 27.5 Å². The molecule has 1 N–H and O–H groups in total. The molecule has 35 heavy (non-hydrogen) atoms. The quantitative estimate of drug-likeness (QED) is 0.444. The molecule has 0 saturated carbocycles. The number of benzene rings is 2. The molecule has 0 heterocycles. The lowest BCUT2D eigenvalue weighted by molar-refractivity contribution is -0.140. The second-order valence-electron chi connectivity index (χ2n) is 9.07. The second kappa shape index (κ2) is 12.7. The number of carbonyl (C=O) groups is 2. The van der Waals surface area contributed by atoms with Crippen LogP contribution >= 0.6 is 0 Å². The Morgan fingerprint density at radius 2 is 1.71 bits per heavy atom. The van der Waals surface area contributed by atoms with Gasteiger partial charge in [-0.05, 0) is 56.4 Å². The first kappa shape index (κ1) is 28.4. The van der Waals surface area contributed by atoms with Gasteiger partial charge in [0.25, 0.3) is 0 Å². The maximum Gasteiger partial charge on any atom is 0.244 e. The van der Waals surface area contributed by atoms with Gasteiger partial charge in [-0.1, -0.05) is 62.2 Å². The summed E-state index contributed by atoms with van der Waals surface area (Å²) in [5.74, 6) is -0.644. The van der Waals surface area contributed by atoms with E-state index in [1.165, 1.54) is 4.90 Å². The highest BCUT2D eigenvalue weighted by atomic mass is 32.2. The molecule has 0 radical (unpaired) electrons. The van der Waals surface area contributed by atoms with Crippen LogP contribution in [-0.4, -0.2) is 50.5 Å². The van der Waals surface area contributed by atoms with E-state index in [1.807, 2.05) is 65.0 Å². The van der Waals surface area contributed by atoms with Gasteiger partial charge >= 0.3 is 0 Å². The predicted octanol–water partition coefficient (Wildman–Crippen LogP) is 4.10. The van der Waals surface area contributed by atoms with Crippen molar-refractivity contribution in [2.24, 2.45) is 0 Å². The highest BCUT2D eigenvalue weighted by Gasteiger charge is 2.32. The molecule has 2 aromatic carbocycles. The number of unbranched alkanes of at least 4 members (excludes halogenated alkanes) is 1. The molecule has 0 bridgehead atoms. The van der Waals surface area contributed by atoms with Gasteiger partial charge in [-0.3, -0.25) is 13.9 Å². The van der Waals surface area contributed by atoms with Crippen LogP contribution in [0.25, 0.3) is 0 Å². The molecule has 8 heteroatoms. The van der Waals surface area contributed by atoms with Crippen LogP contribution in [0.4, 0.5) is 5.69 Å². The minimum Gasteiger partial charge on any atom is -0.354 e. The lowest BCUT2D eigenvalue weighted by Gasteiger charge is -2.33. The van der Waals surface area contributed by atoms with Crippen molar-refractivity contribution < 1.29 is 18.0 Å². The molecule has 0 saturated heterocycles. The highest BCUT2D eigenvalue weighted by Crippen LogP contribution is 2.25. The largest absolute Gasteiger partial charge is 0.354 e. The molecule has 0 aromatic heterocycles. The van der Waals surface area contributed by atoms with Crippen LogP contribution in [0.1, 0.15) is 55.4 Å². The van der Waals surface area contributed by atoms with Gasteiger partial charge < -0.3 is 10.2 Å². The second-order valence-corrected chi connectivity index (χ2v) is 11.0. The summed E-state index contributed by atoms with van der Waals surface area (Å²) in [6.07, 6.45) is 3.31. The number of anilines is 1. The third-order valence-corrected chi connectivity index (χ3v) is 7.30. The van der Waals surface area contributed by atoms with Gasteiger partial charge in [-0.25, -0.2) is 8.42 Å². The summed E-state index contributed by atoms with van der Waals surface area (Å²) in [6, 6.07) is 12.4. The Morgan fingerprint density at radius 1 is 1.03 bits per heavy atom. The van der Waals surface area contributed by atoms with Crippen molar-refractivity contribution in [1.82, 2.24) is 10.2 Å². The van der Waals surface area contributed by atoms with Crippen molar-refractivity contribution in [3.8, 4) is 0 Å². The number of aryl methyl sites for hydroxylation is 2. The first-order valence-corrected chi connectivity index (χ1v) is 14.0. The maximum atomic E-state index is 13.7. The number of hydrogen-bond donors (Lipinski definition) is 1. The van der Waals surface area contributed by atoms with E-state index in [0.29, 0.717) is 18.7 Å². The number of carbonyl (C=O) groups excluding carboxylic acids is 2. The van der Waals surface area contributed by atoms with Gasteiger partial charge in [-0.2, -0.15) is 0 Å². The number of rotatable bonds is 12. The zero-order chi connectivity index (χ0) is 26.2. The molecule has 2 amide bonds. The normalized spacial score (nSPS) is 12.2. The van der Waals surface area contributed by atoms with Crippen molar-refractivity contribution in [2.75, 3.05) is 23.7 Å². The first-order chi connectivity index (χ1) is 16.5. The van der Waals surface area contributed by atoms with E-state index in [-0.39, 0.29) is 19.0 Å². The molecule has 0 fully saturated rings. The predicted molar refractivity (Wildman–Crippen MR) is 142 cm³/mol. The van der Waals surface area contributed by atoms with Crippen molar-refractivity contribution in [1.29, 1.82) is 0 Å². The molecular weight excluding hydrogens is 462 g/mol. The van der Waals surface area contributed by atoms with Crippen LogP contribution in [0.5, 0.6) is 0 Å². The number of nitrogens with zero attached hydrogens (tertiary/aromatic N) is 2. The van der Waals surface area contributed by atoms with Crippen LogP contribution in [0.3, 0.4) is 0 Å². The maximum absolute atomic E-state index is 13.7. The Hall–Kier alpha value is -2.87. The lowest BCUT2D eigenvalue weighted by atomic mass is 10.1. The minimum atomic E-state index is -3.75. The van der Waals surface area contributed by atoms with Gasteiger partial charge in [0, 0.05) is 13.1 Å². The highest BCUT2D eigenvalue weighted by molar-refractivity contribution is 7.92. The van der Waals surface area contributed by atoms with Gasteiger partial charge in [0.2, 0.25) is 21.8 Å². The Bertz CT molecular complexity index is 1130. The average Bonchev–Trinajstić information content (AvgIpc) is 2.79. The molecule has 2 rings (SSSR count). The summed E-state index contributed by atoms with van der Waals surface area (Å²) in [5.41, 5.74) is 4.12. The van der Waals surface area contributed by atoms with E-state index < -0.39 is 22.0 Å². The number of nitrogens with one attached hydrogen (secondary N) is 1. The van der Waals surface area contributed by atoms with Crippen LogP contribution in [0.2, 0.25) is 0 Å². The first-order valence-electron chi connectivity index (χ1n) is 12.2. The van der Waals surface area contributed by atoms with Crippen LogP contribution < -0.4 is 9.62 Å². The molecule has 0 spiro atoms. The van der Waals surface area contributed by atoms with E-state index in [9.17, 15) is 18.0 Å². The molecule has 192 valence electrons. The topological polar surface area (TPSA) is 86.8 Å². The van der Waals surface area contributed by atoms with Crippen molar-refractivity contribution in [3.05, 3.63) is 64.7 Å². The summed E-state index contributed by atoms with van der Waals surface area (Å²) < 4.78 is 26.7. The van der Waals surface area contributed by atoms with Crippen molar-refractivity contribution in [3.63, 3.8) is 0 Å². The van der Waals surface area contributed by atoms with E-state index in [1.54, 1.807) is 12.1 Å². The zero-order valence-corrected chi connectivity index (χ0v) is 22.6. The third kappa shape index (κ3) is 7.82. The fraction of sp³-hybridized carbons (Fsp3) is 0.481. The Balaban J connectivity index is 2.45. The summed E-state index contributed by atoms with van der Waals surface area (Å²) in [5, 5.41) is 2.93. The van der Waals surface area contributed by atoms with Crippen LogP contribution in [-0.2, 0) is 26.2 Å². The summed E-state index contributed by atoms with van der Waals surface area (Å²) >= 11 is 0. The van der Waals surface area contributed by atoms with E-state index in [0.717, 1.165) is 45.7 Å². The number of hydrogen-bond acceptors (Lipinski definition) is 4. The molecule has 1 atom stereocenters. The Morgan fingerprint density at radius 3 is 2.31 bits per heavy atom. The van der Waals surface area contributed by atoms with Crippen LogP contribution in [0.15, 0.2) is 42.5 Å². The van der Waals surface area contributed by atoms with Crippen molar-refractivity contribution in [2.45, 2.75) is 66.5 Å². The van der Waals surface area contributed by atoms with Gasteiger partial charge in [0.1, 0.15) is 12.6 Å². The standard InChI is InChI=1S/C27H39N3O4S/c1-7-9-16-28-27(32)24(8-2)29(18-23-14-10-12-20(3)17-23)26(31)19-30(35(6,33)34)25-15-11-13-21(4)22(25)5/h10-15,17,24H,7-9,16,18-19H2,1-6H3,(H,28,32)/t24-/m1/s1. The SMILES string of the molecule is CCCCNC(=O)[C@@H](CC)N(Cc1cccc(C)c1)C(=O)CN(c1cccc(C)c1C)S(C)(=O)=O. The molecule has 7 nitrogen and oxygen atoms in total. The third-order valence-electron chi connectivity index (χ3n) is 6.17. The Labute approximate surface area is 210 Å². The monoisotopic (exact) mass is 501 g/mol. The summed E-state index contributed by atoms with van der Waals surface area (Å²) in [6.45, 7) is 9.99. The summed E-state index contributed by atoms with van der Waals surface area (Å²) in [4.78, 5) is 28.3. The average molecular weight is 502 g/mol. The van der Waals surface area contributed by atoms with E-state index in [2.05, 4.69) is 5.32 Å². The molecule has 0 aliphatic carbocycles. The number of amides is 2. The minimum absolute atomic E-state index is 0.213. The smallest absolute Gasteiger partial charge is 0.244 e. The van der Waals surface area contributed by atoms with E-state index >= 15 is 0 Å². The zero-order valence-electron chi connectivity index (χ0n) is 21.8. The lowest BCUT2D eigenvalue weighted by Crippen LogP contribution is -2.52. The molecule has 2 aromatic rings. The van der Waals surface area contributed by atoms with Gasteiger partial charge in [0.15, 0.2) is 0 Å². The Kier molecular flexibility index (Phi) is 10.3. The van der Waals surface area contributed by atoms with Gasteiger partial charge in [0.05, 0.1) is 11.9 Å². The van der Waals surface area contributed by atoms with Crippen LogP contribution in [0, 0.1) is 20.8 Å². The fourth-order valence-corrected chi connectivity index (χ4v) is 4.93. The summed E-state index contributed by atoms with van der Waals surface area (Å²) in [7, 11) is -3.75.